The van der Waals surface area contributed by atoms with Crippen molar-refractivity contribution < 1.29 is 4.42 Å². The molecule has 1 N–H and O–H groups in total. The first-order valence-corrected chi connectivity index (χ1v) is 7.46. The van der Waals surface area contributed by atoms with Crippen molar-refractivity contribution in [3.63, 3.8) is 0 Å². The number of para-hydroxylation sites is 2. The molecule has 2 aromatic carbocycles. The van der Waals surface area contributed by atoms with Crippen molar-refractivity contribution in [1.29, 1.82) is 0 Å². The topological polar surface area (TPSA) is 25.2 Å². The van der Waals surface area contributed by atoms with E-state index < -0.39 is 0 Å². The van der Waals surface area contributed by atoms with Gasteiger partial charge in [-0.05, 0) is 30.5 Å². The number of nitrogens with one attached hydrogen (secondary N) is 1. The fourth-order valence-corrected chi connectivity index (χ4v) is 2.79. The Hall–Kier alpha value is -2.22. The SMILES string of the molecule is Cc1oc2ccccc2c1CNc1ccccc1C(C)C. The van der Waals surface area contributed by atoms with Gasteiger partial charge in [0.15, 0.2) is 0 Å². The van der Waals surface area contributed by atoms with Gasteiger partial charge in [0, 0.05) is 23.2 Å². The summed E-state index contributed by atoms with van der Waals surface area (Å²) in [5.41, 5.74) is 4.76. The molecule has 0 saturated heterocycles. The highest BCUT2D eigenvalue weighted by Crippen LogP contribution is 2.28. The molecule has 108 valence electrons. The third-order valence-electron chi connectivity index (χ3n) is 3.94. The fourth-order valence-electron chi connectivity index (χ4n) is 2.79. The standard InChI is InChI=1S/C19H21NO/c1-13(2)15-8-4-6-10-18(15)20-12-17-14(3)21-19-11-7-5-9-16(17)19/h4-11,13,20H,12H2,1-3H3. The molecule has 0 atom stereocenters. The predicted octanol–water partition coefficient (Wildman–Crippen LogP) is 5.48. The molecule has 0 saturated carbocycles. The maximum Gasteiger partial charge on any atom is 0.134 e. The van der Waals surface area contributed by atoms with Crippen molar-refractivity contribution in [2.24, 2.45) is 0 Å². The van der Waals surface area contributed by atoms with E-state index in [0.29, 0.717) is 5.92 Å². The lowest BCUT2D eigenvalue weighted by Crippen LogP contribution is -2.03. The molecule has 0 aliphatic heterocycles. The summed E-state index contributed by atoms with van der Waals surface area (Å²) in [4.78, 5) is 0. The molecule has 1 heterocycles. The Kier molecular flexibility index (Phi) is 3.70. The van der Waals surface area contributed by atoms with Crippen LogP contribution >= 0.6 is 0 Å². The summed E-state index contributed by atoms with van der Waals surface area (Å²) in [7, 11) is 0. The van der Waals surface area contributed by atoms with Gasteiger partial charge in [0.1, 0.15) is 11.3 Å². The highest BCUT2D eigenvalue weighted by Gasteiger charge is 2.11. The zero-order valence-corrected chi connectivity index (χ0v) is 12.8. The van der Waals surface area contributed by atoms with E-state index in [1.807, 2.05) is 19.1 Å². The van der Waals surface area contributed by atoms with Gasteiger partial charge in [-0.3, -0.25) is 0 Å². The van der Waals surface area contributed by atoms with E-state index in [1.54, 1.807) is 0 Å². The summed E-state index contributed by atoms with van der Waals surface area (Å²) in [6.07, 6.45) is 0. The van der Waals surface area contributed by atoms with Gasteiger partial charge in [-0.25, -0.2) is 0 Å². The summed E-state index contributed by atoms with van der Waals surface area (Å²) in [5, 5.41) is 4.77. The Morgan fingerprint density at radius 2 is 1.71 bits per heavy atom. The lowest BCUT2D eigenvalue weighted by Gasteiger charge is -2.14. The van der Waals surface area contributed by atoms with Crippen molar-refractivity contribution in [2.75, 3.05) is 5.32 Å². The van der Waals surface area contributed by atoms with Gasteiger partial charge in [-0.1, -0.05) is 50.2 Å². The van der Waals surface area contributed by atoms with Crippen LogP contribution in [0.1, 0.15) is 36.7 Å². The summed E-state index contributed by atoms with van der Waals surface area (Å²) >= 11 is 0. The molecule has 2 nitrogen and oxygen atoms in total. The van der Waals surface area contributed by atoms with Crippen molar-refractivity contribution >= 4 is 16.7 Å². The van der Waals surface area contributed by atoms with Gasteiger partial charge in [0.25, 0.3) is 0 Å². The van der Waals surface area contributed by atoms with E-state index in [9.17, 15) is 0 Å². The van der Waals surface area contributed by atoms with E-state index in [-0.39, 0.29) is 0 Å². The minimum Gasteiger partial charge on any atom is -0.461 e. The normalized spacial score (nSPS) is 11.2. The van der Waals surface area contributed by atoms with Crippen molar-refractivity contribution in [2.45, 2.75) is 33.2 Å². The summed E-state index contributed by atoms with van der Waals surface area (Å²) in [6.45, 7) is 7.26. The van der Waals surface area contributed by atoms with Gasteiger partial charge in [-0.15, -0.1) is 0 Å². The fraction of sp³-hybridized carbons (Fsp3) is 0.263. The molecule has 0 fully saturated rings. The van der Waals surface area contributed by atoms with Crippen LogP contribution in [0.15, 0.2) is 52.9 Å². The number of furan rings is 1. The zero-order chi connectivity index (χ0) is 14.8. The van der Waals surface area contributed by atoms with Crippen LogP contribution < -0.4 is 5.32 Å². The van der Waals surface area contributed by atoms with E-state index in [1.165, 1.54) is 22.2 Å². The maximum absolute atomic E-state index is 5.83. The second-order valence-corrected chi connectivity index (χ2v) is 5.73. The zero-order valence-electron chi connectivity index (χ0n) is 12.8. The number of hydrogen-bond donors (Lipinski definition) is 1. The molecule has 1 aromatic heterocycles. The molecule has 0 amide bonds. The Morgan fingerprint density at radius 1 is 1.00 bits per heavy atom. The van der Waals surface area contributed by atoms with Crippen LogP contribution in [0, 0.1) is 6.92 Å². The average molecular weight is 279 g/mol. The largest absolute Gasteiger partial charge is 0.461 e. The molecule has 3 rings (SSSR count). The summed E-state index contributed by atoms with van der Waals surface area (Å²) < 4.78 is 5.83. The number of rotatable bonds is 4. The van der Waals surface area contributed by atoms with Crippen molar-refractivity contribution in [3.8, 4) is 0 Å². The molecule has 0 bridgehead atoms. The number of benzene rings is 2. The van der Waals surface area contributed by atoms with Gasteiger partial charge in [0.2, 0.25) is 0 Å². The molecular weight excluding hydrogens is 258 g/mol. The van der Waals surface area contributed by atoms with Crippen molar-refractivity contribution in [3.05, 3.63) is 65.4 Å². The third kappa shape index (κ3) is 2.66. The molecule has 3 aromatic rings. The van der Waals surface area contributed by atoms with Crippen LogP contribution in [0.2, 0.25) is 0 Å². The number of anilines is 1. The second kappa shape index (κ2) is 5.65. The maximum atomic E-state index is 5.83. The molecule has 21 heavy (non-hydrogen) atoms. The van der Waals surface area contributed by atoms with Crippen LogP contribution in [-0.2, 0) is 6.54 Å². The highest BCUT2D eigenvalue weighted by atomic mass is 16.3. The number of fused-ring (bicyclic) bond motifs is 1. The molecule has 0 aliphatic rings. The van der Waals surface area contributed by atoms with E-state index >= 15 is 0 Å². The first kappa shape index (κ1) is 13.7. The molecule has 0 radical (unpaired) electrons. The monoisotopic (exact) mass is 279 g/mol. The molecule has 2 heteroatoms. The summed E-state index contributed by atoms with van der Waals surface area (Å²) in [5.74, 6) is 1.50. The quantitative estimate of drug-likeness (QED) is 0.684. The van der Waals surface area contributed by atoms with Crippen LogP contribution in [0.3, 0.4) is 0 Å². The minimum atomic E-state index is 0.510. The molecule has 0 unspecified atom stereocenters. The highest BCUT2D eigenvalue weighted by molar-refractivity contribution is 5.82. The van der Waals surface area contributed by atoms with Crippen molar-refractivity contribution in [1.82, 2.24) is 0 Å². The molecule has 0 aliphatic carbocycles. The number of hydrogen-bond acceptors (Lipinski definition) is 2. The number of aryl methyl sites for hydroxylation is 1. The van der Waals surface area contributed by atoms with Crippen LogP contribution in [-0.4, -0.2) is 0 Å². The Labute approximate surface area is 125 Å². The minimum absolute atomic E-state index is 0.510. The molecular formula is C19H21NO. The van der Waals surface area contributed by atoms with Gasteiger partial charge in [-0.2, -0.15) is 0 Å². The van der Waals surface area contributed by atoms with Gasteiger partial charge < -0.3 is 9.73 Å². The van der Waals surface area contributed by atoms with Gasteiger partial charge in [0.05, 0.1) is 0 Å². The Bertz CT molecular complexity index is 755. The Morgan fingerprint density at radius 3 is 2.52 bits per heavy atom. The van der Waals surface area contributed by atoms with Crippen LogP contribution in [0.25, 0.3) is 11.0 Å². The van der Waals surface area contributed by atoms with Crippen LogP contribution in [0.5, 0.6) is 0 Å². The average Bonchev–Trinajstić information content (AvgIpc) is 2.81. The van der Waals surface area contributed by atoms with Gasteiger partial charge >= 0.3 is 0 Å². The molecule has 0 spiro atoms. The Balaban J connectivity index is 1.89. The van der Waals surface area contributed by atoms with E-state index in [2.05, 4.69) is 55.6 Å². The lowest BCUT2D eigenvalue weighted by molar-refractivity contribution is 0.573. The summed E-state index contributed by atoms with van der Waals surface area (Å²) in [6, 6.07) is 16.7. The first-order chi connectivity index (χ1) is 10.2. The first-order valence-electron chi connectivity index (χ1n) is 7.46. The third-order valence-corrected chi connectivity index (χ3v) is 3.94. The smallest absolute Gasteiger partial charge is 0.134 e. The van der Waals surface area contributed by atoms with E-state index in [0.717, 1.165) is 17.9 Å². The van der Waals surface area contributed by atoms with E-state index in [4.69, 9.17) is 4.42 Å². The second-order valence-electron chi connectivity index (χ2n) is 5.73. The lowest BCUT2D eigenvalue weighted by atomic mass is 10.0. The van der Waals surface area contributed by atoms with Crippen LogP contribution in [0.4, 0.5) is 5.69 Å². The predicted molar refractivity (Wildman–Crippen MR) is 88.8 cm³/mol.